The van der Waals surface area contributed by atoms with Gasteiger partial charge in [0.2, 0.25) is 5.91 Å². The Kier molecular flexibility index (Phi) is 5.56. The Labute approximate surface area is 155 Å². The molecule has 1 aromatic heterocycles. The van der Waals surface area contributed by atoms with Crippen LogP contribution in [0.25, 0.3) is 16.6 Å². The molecule has 2 aromatic carbocycles. The number of aromatic nitrogens is 1. The molecule has 6 heteroatoms. The molecule has 5 nitrogen and oxygen atoms in total. The van der Waals surface area contributed by atoms with Crippen LogP contribution in [0.5, 0.6) is 0 Å². The number of anilines is 1. The Morgan fingerprint density at radius 2 is 1.77 bits per heavy atom. The normalized spacial score (nSPS) is 10.7. The molecule has 0 aliphatic heterocycles. The average Bonchev–Trinajstić information content (AvgIpc) is 3.21. The lowest BCUT2D eigenvalue weighted by Crippen LogP contribution is -2.17. The second-order valence-electron chi connectivity index (χ2n) is 5.44. The van der Waals surface area contributed by atoms with Crippen molar-refractivity contribution >= 4 is 34.9 Å². The number of amides is 2. The molecule has 3 aromatic rings. The van der Waals surface area contributed by atoms with Gasteiger partial charge in [0, 0.05) is 41.5 Å². The molecule has 0 aliphatic rings. The Morgan fingerprint density at radius 3 is 2.38 bits per heavy atom. The number of nitrogens with zero attached hydrogens (tertiary/aromatic N) is 1. The first-order valence-electron chi connectivity index (χ1n) is 7.97. The molecule has 0 unspecified atom stereocenters. The van der Waals surface area contributed by atoms with Gasteiger partial charge in [-0.1, -0.05) is 12.1 Å². The Morgan fingerprint density at radius 1 is 1.04 bits per heavy atom. The van der Waals surface area contributed by atoms with Gasteiger partial charge in [-0.05, 0) is 48.0 Å². The summed E-state index contributed by atoms with van der Waals surface area (Å²) in [6.45, 7) is 0. The fourth-order valence-electron chi connectivity index (χ4n) is 2.31. The van der Waals surface area contributed by atoms with Gasteiger partial charge in [0.25, 0.3) is 5.91 Å². The lowest BCUT2D eigenvalue weighted by Gasteiger charge is -2.03. The van der Waals surface area contributed by atoms with E-state index in [4.69, 9.17) is 0 Å². The molecule has 3 rings (SSSR count). The predicted molar refractivity (Wildman–Crippen MR) is 105 cm³/mol. The Balaban J connectivity index is 1.59. The average molecular weight is 363 g/mol. The van der Waals surface area contributed by atoms with Crippen LogP contribution in [0.15, 0.2) is 66.2 Å². The summed E-state index contributed by atoms with van der Waals surface area (Å²) in [6.07, 6.45) is 4.93. The first-order chi connectivity index (χ1) is 12.7. The third kappa shape index (κ3) is 4.43. The van der Waals surface area contributed by atoms with E-state index in [2.05, 4.69) is 15.6 Å². The van der Waals surface area contributed by atoms with Crippen LogP contribution in [-0.2, 0) is 4.79 Å². The maximum absolute atomic E-state index is 12.0. The second-order valence-corrected chi connectivity index (χ2v) is 6.33. The van der Waals surface area contributed by atoms with E-state index in [9.17, 15) is 9.59 Å². The van der Waals surface area contributed by atoms with E-state index in [-0.39, 0.29) is 11.8 Å². The molecule has 0 atom stereocenters. The quantitative estimate of drug-likeness (QED) is 0.677. The molecule has 26 heavy (non-hydrogen) atoms. The molecule has 130 valence electrons. The number of carbonyl (C=O) groups excluding carboxylic acids is 2. The maximum Gasteiger partial charge on any atom is 0.251 e. The minimum atomic E-state index is -0.220. The molecule has 2 N–H and O–H groups in total. The fourth-order valence-corrected chi connectivity index (χ4v) is 2.95. The number of rotatable bonds is 5. The van der Waals surface area contributed by atoms with Gasteiger partial charge in [0.05, 0.1) is 0 Å². The zero-order chi connectivity index (χ0) is 18.4. The Bertz CT molecular complexity index is 915. The number of nitrogens with one attached hydrogen (secondary N) is 2. The number of hydrogen-bond acceptors (Lipinski definition) is 4. The van der Waals surface area contributed by atoms with Crippen LogP contribution in [-0.4, -0.2) is 23.8 Å². The van der Waals surface area contributed by atoms with Crippen LogP contribution in [0.2, 0.25) is 0 Å². The number of hydrogen-bond donors (Lipinski definition) is 2. The summed E-state index contributed by atoms with van der Waals surface area (Å²) in [7, 11) is 1.59. The molecule has 0 radical (unpaired) electrons. The molecule has 2 amide bonds. The van der Waals surface area contributed by atoms with E-state index in [1.54, 1.807) is 54.9 Å². The molecule has 0 saturated heterocycles. The van der Waals surface area contributed by atoms with Crippen LogP contribution in [0.3, 0.4) is 0 Å². The summed E-state index contributed by atoms with van der Waals surface area (Å²) < 4.78 is 0. The minimum Gasteiger partial charge on any atom is -0.355 e. The zero-order valence-corrected chi connectivity index (χ0v) is 14.9. The van der Waals surface area contributed by atoms with Crippen LogP contribution in [0.4, 0.5) is 5.69 Å². The molecular formula is C20H17N3O2S. The Hall–Kier alpha value is -3.25. The summed E-state index contributed by atoms with van der Waals surface area (Å²) in [6, 6.07) is 14.6. The predicted octanol–water partition coefficient (Wildman–Crippen LogP) is 3.82. The highest BCUT2D eigenvalue weighted by Crippen LogP contribution is 2.23. The van der Waals surface area contributed by atoms with Crippen molar-refractivity contribution in [3.8, 4) is 10.6 Å². The van der Waals surface area contributed by atoms with E-state index in [0.29, 0.717) is 5.56 Å². The van der Waals surface area contributed by atoms with E-state index in [1.807, 2.05) is 29.6 Å². The minimum absolute atomic E-state index is 0.139. The summed E-state index contributed by atoms with van der Waals surface area (Å²) in [5.74, 6) is -0.359. The first-order valence-corrected chi connectivity index (χ1v) is 8.85. The standard InChI is InChI=1S/C20H17N3O2S/c1-21-19(25)15-5-2-14(3-6-15)4-11-18(24)23-17-9-7-16(8-10-17)20-22-12-13-26-20/h2-13H,1H3,(H,21,25)(H,23,24)/b11-4+. The lowest BCUT2D eigenvalue weighted by atomic mass is 10.1. The molecule has 0 bridgehead atoms. The van der Waals surface area contributed by atoms with Crippen molar-refractivity contribution in [3.05, 3.63) is 77.3 Å². The number of thiazole rings is 1. The highest BCUT2D eigenvalue weighted by molar-refractivity contribution is 7.13. The molecule has 0 spiro atoms. The van der Waals surface area contributed by atoms with Crippen molar-refractivity contribution in [3.63, 3.8) is 0 Å². The van der Waals surface area contributed by atoms with Crippen molar-refractivity contribution in [1.82, 2.24) is 10.3 Å². The van der Waals surface area contributed by atoms with Gasteiger partial charge in [-0.2, -0.15) is 0 Å². The van der Waals surface area contributed by atoms with Crippen molar-refractivity contribution in [2.24, 2.45) is 0 Å². The van der Waals surface area contributed by atoms with Gasteiger partial charge in [0.15, 0.2) is 0 Å². The highest BCUT2D eigenvalue weighted by atomic mass is 32.1. The first kappa shape index (κ1) is 17.6. The van der Waals surface area contributed by atoms with Gasteiger partial charge >= 0.3 is 0 Å². The molecule has 0 saturated carbocycles. The lowest BCUT2D eigenvalue weighted by molar-refractivity contribution is -0.111. The van der Waals surface area contributed by atoms with E-state index >= 15 is 0 Å². The SMILES string of the molecule is CNC(=O)c1ccc(/C=C/C(=O)Nc2ccc(-c3nccs3)cc2)cc1. The fraction of sp³-hybridized carbons (Fsp3) is 0.0500. The third-order valence-electron chi connectivity index (χ3n) is 3.66. The van der Waals surface area contributed by atoms with Gasteiger partial charge in [0.1, 0.15) is 5.01 Å². The van der Waals surface area contributed by atoms with Crippen molar-refractivity contribution in [1.29, 1.82) is 0 Å². The zero-order valence-electron chi connectivity index (χ0n) is 14.1. The topological polar surface area (TPSA) is 71.1 Å². The molecule has 0 aliphatic carbocycles. The summed E-state index contributed by atoms with van der Waals surface area (Å²) >= 11 is 1.57. The summed E-state index contributed by atoms with van der Waals surface area (Å²) in [4.78, 5) is 27.8. The van der Waals surface area contributed by atoms with E-state index in [1.165, 1.54) is 6.08 Å². The number of carbonyl (C=O) groups is 2. The van der Waals surface area contributed by atoms with Crippen LogP contribution in [0, 0.1) is 0 Å². The van der Waals surface area contributed by atoms with Crippen LogP contribution in [0.1, 0.15) is 15.9 Å². The van der Waals surface area contributed by atoms with Crippen molar-refractivity contribution in [2.75, 3.05) is 12.4 Å². The summed E-state index contributed by atoms with van der Waals surface area (Å²) in [5, 5.41) is 8.26. The van der Waals surface area contributed by atoms with Crippen LogP contribution >= 0.6 is 11.3 Å². The van der Waals surface area contributed by atoms with Gasteiger partial charge in [-0.15, -0.1) is 11.3 Å². The third-order valence-corrected chi connectivity index (χ3v) is 4.48. The van der Waals surface area contributed by atoms with E-state index < -0.39 is 0 Å². The molecule has 1 heterocycles. The highest BCUT2D eigenvalue weighted by Gasteiger charge is 2.03. The van der Waals surface area contributed by atoms with E-state index in [0.717, 1.165) is 21.8 Å². The van der Waals surface area contributed by atoms with Gasteiger partial charge in [-0.3, -0.25) is 9.59 Å². The van der Waals surface area contributed by atoms with Crippen molar-refractivity contribution in [2.45, 2.75) is 0 Å². The second kappa shape index (κ2) is 8.22. The number of benzene rings is 2. The van der Waals surface area contributed by atoms with Crippen molar-refractivity contribution < 1.29 is 9.59 Å². The van der Waals surface area contributed by atoms with Gasteiger partial charge in [-0.25, -0.2) is 4.98 Å². The maximum atomic E-state index is 12.0. The molecular weight excluding hydrogens is 346 g/mol. The van der Waals surface area contributed by atoms with Gasteiger partial charge < -0.3 is 10.6 Å². The molecule has 0 fully saturated rings. The summed E-state index contributed by atoms with van der Waals surface area (Å²) in [5.41, 5.74) is 3.15. The largest absolute Gasteiger partial charge is 0.355 e. The monoisotopic (exact) mass is 363 g/mol. The van der Waals surface area contributed by atoms with Crippen LogP contribution < -0.4 is 10.6 Å². The smallest absolute Gasteiger partial charge is 0.251 e.